The number of aromatic carboxylic acids is 1. The first-order chi connectivity index (χ1) is 9.65. The summed E-state index contributed by atoms with van der Waals surface area (Å²) in [6.07, 6.45) is 8.49. The molecule has 20 heavy (non-hydrogen) atoms. The van der Waals surface area contributed by atoms with E-state index in [1.165, 1.54) is 25.5 Å². The molecule has 0 saturated carbocycles. The van der Waals surface area contributed by atoms with Crippen LogP contribution in [-0.2, 0) is 4.79 Å². The van der Waals surface area contributed by atoms with Gasteiger partial charge in [0.2, 0.25) is 5.91 Å². The fraction of sp³-hybridized carbons (Fsp3) is 0.533. The number of unbranched alkanes of at least 4 members (excludes halogenated alkanes) is 5. The van der Waals surface area contributed by atoms with Crippen molar-refractivity contribution in [2.45, 2.75) is 51.9 Å². The van der Waals surface area contributed by atoms with Crippen LogP contribution in [0.2, 0.25) is 0 Å². The number of rotatable bonds is 9. The highest BCUT2D eigenvalue weighted by molar-refractivity contribution is 5.98. The molecule has 0 fully saturated rings. The number of aromatic nitrogens is 1. The summed E-state index contributed by atoms with van der Waals surface area (Å²) in [4.78, 5) is 26.4. The highest BCUT2D eigenvalue weighted by Crippen LogP contribution is 2.13. The summed E-state index contributed by atoms with van der Waals surface area (Å²) in [7, 11) is 0. The van der Waals surface area contributed by atoms with Gasteiger partial charge in [-0.2, -0.15) is 0 Å². The van der Waals surface area contributed by atoms with Crippen molar-refractivity contribution in [1.29, 1.82) is 0 Å². The quantitative estimate of drug-likeness (QED) is 0.678. The van der Waals surface area contributed by atoms with Crippen molar-refractivity contribution >= 4 is 17.6 Å². The number of carboxylic acids is 1. The molecule has 0 radical (unpaired) electrons. The summed E-state index contributed by atoms with van der Waals surface area (Å²) in [6.45, 7) is 2.17. The van der Waals surface area contributed by atoms with Crippen molar-refractivity contribution in [2.75, 3.05) is 5.32 Å². The predicted octanol–water partition coefficient (Wildman–Crippen LogP) is 3.47. The molecule has 0 unspecified atom stereocenters. The Bertz CT molecular complexity index is 446. The molecule has 5 nitrogen and oxygen atoms in total. The van der Waals surface area contributed by atoms with E-state index in [1.807, 2.05) is 0 Å². The maximum atomic E-state index is 11.7. The van der Waals surface area contributed by atoms with Crippen LogP contribution in [0.4, 0.5) is 5.69 Å². The van der Waals surface area contributed by atoms with Gasteiger partial charge in [-0.3, -0.25) is 4.79 Å². The van der Waals surface area contributed by atoms with Gasteiger partial charge in [0.1, 0.15) is 0 Å². The molecule has 0 spiro atoms. The van der Waals surface area contributed by atoms with Crippen molar-refractivity contribution in [2.24, 2.45) is 0 Å². The Kier molecular flexibility index (Phi) is 7.32. The smallest absolute Gasteiger partial charge is 0.356 e. The van der Waals surface area contributed by atoms with E-state index in [0.717, 1.165) is 19.3 Å². The normalized spacial score (nSPS) is 10.2. The van der Waals surface area contributed by atoms with Crippen molar-refractivity contribution in [1.82, 2.24) is 4.98 Å². The molecule has 0 atom stereocenters. The second-order valence-electron chi connectivity index (χ2n) is 4.77. The van der Waals surface area contributed by atoms with Crippen LogP contribution >= 0.6 is 0 Å². The van der Waals surface area contributed by atoms with Gasteiger partial charge < -0.3 is 10.4 Å². The van der Waals surface area contributed by atoms with Crippen molar-refractivity contribution in [3.05, 3.63) is 24.0 Å². The van der Waals surface area contributed by atoms with Gasteiger partial charge in [-0.05, 0) is 18.6 Å². The fourth-order valence-corrected chi connectivity index (χ4v) is 1.96. The van der Waals surface area contributed by atoms with E-state index in [2.05, 4.69) is 17.2 Å². The lowest BCUT2D eigenvalue weighted by molar-refractivity contribution is -0.116. The van der Waals surface area contributed by atoms with E-state index in [9.17, 15) is 9.59 Å². The van der Waals surface area contributed by atoms with Crippen LogP contribution < -0.4 is 5.32 Å². The second-order valence-corrected chi connectivity index (χ2v) is 4.77. The summed E-state index contributed by atoms with van der Waals surface area (Å²) in [5, 5.41) is 11.6. The summed E-state index contributed by atoms with van der Waals surface area (Å²) in [6, 6.07) is 3.16. The molecule has 1 heterocycles. The Morgan fingerprint density at radius 3 is 2.60 bits per heavy atom. The third-order valence-electron chi connectivity index (χ3n) is 3.04. The molecule has 0 saturated heterocycles. The van der Waals surface area contributed by atoms with E-state index < -0.39 is 5.97 Å². The molecular weight excluding hydrogens is 256 g/mol. The monoisotopic (exact) mass is 278 g/mol. The SMILES string of the molecule is CCCCCCCCC(=O)Nc1cccnc1C(=O)O. The lowest BCUT2D eigenvalue weighted by Crippen LogP contribution is -2.15. The minimum absolute atomic E-state index is 0.121. The molecule has 1 aromatic heterocycles. The fourth-order valence-electron chi connectivity index (χ4n) is 1.96. The standard InChI is InChI=1S/C15H22N2O3/c1-2-3-4-5-6-7-10-13(18)17-12-9-8-11-16-14(12)15(19)20/h8-9,11H,2-7,10H2,1H3,(H,17,18)(H,19,20). The van der Waals surface area contributed by atoms with Gasteiger partial charge >= 0.3 is 5.97 Å². The Morgan fingerprint density at radius 1 is 1.20 bits per heavy atom. The lowest BCUT2D eigenvalue weighted by atomic mass is 10.1. The highest BCUT2D eigenvalue weighted by Gasteiger charge is 2.12. The van der Waals surface area contributed by atoms with Gasteiger partial charge in [0, 0.05) is 12.6 Å². The van der Waals surface area contributed by atoms with E-state index in [-0.39, 0.29) is 17.3 Å². The van der Waals surface area contributed by atoms with E-state index in [0.29, 0.717) is 6.42 Å². The average molecular weight is 278 g/mol. The number of nitrogens with one attached hydrogen (secondary N) is 1. The molecule has 1 amide bonds. The summed E-state index contributed by atoms with van der Waals surface area (Å²) >= 11 is 0. The highest BCUT2D eigenvalue weighted by atomic mass is 16.4. The van der Waals surface area contributed by atoms with Gasteiger partial charge in [0.05, 0.1) is 5.69 Å². The average Bonchev–Trinajstić information content (AvgIpc) is 2.43. The largest absolute Gasteiger partial charge is 0.476 e. The van der Waals surface area contributed by atoms with Gasteiger partial charge in [-0.1, -0.05) is 39.0 Å². The van der Waals surface area contributed by atoms with Crippen molar-refractivity contribution < 1.29 is 14.7 Å². The van der Waals surface area contributed by atoms with E-state index in [4.69, 9.17) is 5.11 Å². The Labute approximate surface area is 119 Å². The molecule has 1 aromatic rings. The minimum atomic E-state index is -1.14. The molecular formula is C15H22N2O3. The first-order valence-corrected chi connectivity index (χ1v) is 7.13. The molecule has 0 aliphatic heterocycles. The van der Waals surface area contributed by atoms with Gasteiger partial charge in [0.25, 0.3) is 0 Å². The van der Waals surface area contributed by atoms with Crippen LogP contribution in [0.5, 0.6) is 0 Å². The summed E-state index contributed by atoms with van der Waals surface area (Å²) < 4.78 is 0. The van der Waals surface area contributed by atoms with E-state index in [1.54, 1.807) is 12.1 Å². The topological polar surface area (TPSA) is 79.3 Å². The maximum absolute atomic E-state index is 11.7. The van der Waals surface area contributed by atoms with Crippen LogP contribution in [-0.4, -0.2) is 22.0 Å². The van der Waals surface area contributed by atoms with Crippen molar-refractivity contribution in [3.63, 3.8) is 0 Å². The maximum Gasteiger partial charge on any atom is 0.356 e. The van der Waals surface area contributed by atoms with Crippen LogP contribution in [0.25, 0.3) is 0 Å². The zero-order valence-electron chi connectivity index (χ0n) is 11.9. The van der Waals surface area contributed by atoms with Gasteiger partial charge in [-0.25, -0.2) is 9.78 Å². The number of carboxylic acid groups (broad SMARTS) is 1. The number of carbonyl (C=O) groups is 2. The van der Waals surface area contributed by atoms with Crippen LogP contribution in [0, 0.1) is 0 Å². The molecule has 0 aliphatic carbocycles. The molecule has 1 rings (SSSR count). The zero-order chi connectivity index (χ0) is 14.8. The molecule has 5 heteroatoms. The minimum Gasteiger partial charge on any atom is -0.476 e. The van der Waals surface area contributed by atoms with Crippen LogP contribution in [0.3, 0.4) is 0 Å². The number of pyridine rings is 1. The van der Waals surface area contributed by atoms with Crippen LogP contribution in [0.15, 0.2) is 18.3 Å². The van der Waals surface area contributed by atoms with Gasteiger partial charge in [-0.15, -0.1) is 0 Å². The third-order valence-corrected chi connectivity index (χ3v) is 3.04. The molecule has 0 aromatic carbocycles. The zero-order valence-corrected chi connectivity index (χ0v) is 11.9. The number of hydrogen-bond acceptors (Lipinski definition) is 3. The Morgan fingerprint density at radius 2 is 1.90 bits per heavy atom. The number of anilines is 1. The Balaban J connectivity index is 2.34. The number of nitrogens with zero attached hydrogens (tertiary/aromatic N) is 1. The summed E-state index contributed by atoms with van der Waals surface area (Å²) in [5.74, 6) is -1.29. The molecule has 0 bridgehead atoms. The summed E-state index contributed by atoms with van der Waals surface area (Å²) in [5.41, 5.74) is 0.139. The number of amides is 1. The second kappa shape index (κ2) is 9.07. The van der Waals surface area contributed by atoms with E-state index >= 15 is 0 Å². The lowest BCUT2D eigenvalue weighted by Gasteiger charge is -2.07. The first kappa shape index (κ1) is 16.1. The van der Waals surface area contributed by atoms with Crippen molar-refractivity contribution in [3.8, 4) is 0 Å². The van der Waals surface area contributed by atoms with Gasteiger partial charge in [0.15, 0.2) is 5.69 Å². The van der Waals surface area contributed by atoms with Crippen LogP contribution in [0.1, 0.15) is 62.4 Å². The molecule has 110 valence electrons. The number of hydrogen-bond donors (Lipinski definition) is 2. The Hall–Kier alpha value is -1.91. The third kappa shape index (κ3) is 5.82. The molecule has 2 N–H and O–H groups in total. The predicted molar refractivity (Wildman–Crippen MR) is 77.8 cm³/mol. The first-order valence-electron chi connectivity index (χ1n) is 7.13. The molecule has 0 aliphatic rings. The number of carbonyl (C=O) groups excluding carboxylic acids is 1.